The summed E-state index contributed by atoms with van der Waals surface area (Å²) in [5, 5.41) is 5.85. The molecule has 0 spiro atoms. The van der Waals surface area contributed by atoms with E-state index in [0.29, 0.717) is 5.13 Å². The molecule has 0 radical (unpaired) electrons. The zero-order valence-corrected chi connectivity index (χ0v) is 12.5. The van der Waals surface area contributed by atoms with Crippen molar-refractivity contribution in [2.75, 3.05) is 18.8 Å². The summed E-state index contributed by atoms with van der Waals surface area (Å²) in [5.74, 6) is 0. The fourth-order valence-corrected chi connectivity index (χ4v) is 3.78. The van der Waals surface area contributed by atoms with Crippen LogP contribution >= 0.6 is 22.7 Å². The third-order valence-electron chi connectivity index (χ3n) is 3.39. The van der Waals surface area contributed by atoms with Crippen LogP contribution in [0.1, 0.15) is 30.7 Å². The van der Waals surface area contributed by atoms with Gasteiger partial charge in [-0.25, -0.2) is 9.97 Å². The number of rotatable bonds is 3. The topological polar surface area (TPSA) is 55.0 Å². The van der Waals surface area contributed by atoms with Crippen molar-refractivity contribution in [2.24, 2.45) is 0 Å². The molecule has 0 atom stereocenters. The van der Waals surface area contributed by atoms with Crippen LogP contribution in [0.25, 0.3) is 11.4 Å². The minimum absolute atomic E-state index is 0.608. The van der Waals surface area contributed by atoms with Crippen LogP contribution in [0.4, 0.5) is 5.13 Å². The summed E-state index contributed by atoms with van der Waals surface area (Å²) in [6.45, 7) is 3.39. The summed E-state index contributed by atoms with van der Waals surface area (Å²) in [7, 11) is 0. The summed E-state index contributed by atoms with van der Waals surface area (Å²) in [5.41, 5.74) is 7.53. The SMILES string of the molecule is Nc1nc(-c2csc(CN3CCCCCC3)n2)cs1. The quantitative estimate of drug-likeness (QED) is 0.944. The van der Waals surface area contributed by atoms with Gasteiger partial charge in [-0.05, 0) is 25.9 Å². The van der Waals surface area contributed by atoms with Gasteiger partial charge in [0.05, 0.1) is 6.54 Å². The molecule has 1 aliphatic heterocycles. The van der Waals surface area contributed by atoms with Gasteiger partial charge in [0, 0.05) is 10.8 Å². The van der Waals surface area contributed by atoms with Crippen LogP contribution in [0.2, 0.25) is 0 Å². The molecule has 3 rings (SSSR count). The molecule has 1 aliphatic rings. The number of thiazole rings is 2. The number of anilines is 1. The lowest BCUT2D eigenvalue weighted by molar-refractivity contribution is 0.276. The second kappa shape index (κ2) is 5.98. The average molecular weight is 294 g/mol. The van der Waals surface area contributed by atoms with Crippen molar-refractivity contribution in [1.82, 2.24) is 14.9 Å². The number of nitrogens with zero attached hydrogens (tertiary/aromatic N) is 3. The largest absolute Gasteiger partial charge is 0.375 e. The molecule has 2 aromatic heterocycles. The molecule has 2 N–H and O–H groups in total. The monoisotopic (exact) mass is 294 g/mol. The highest BCUT2D eigenvalue weighted by atomic mass is 32.1. The van der Waals surface area contributed by atoms with Gasteiger partial charge >= 0.3 is 0 Å². The summed E-state index contributed by atoms with van der Waals surface area (Å²) >= 11 is 3.19. The predicted octanol–water partition coefficient (Wildman–Crippen LogP) is 3.22. The summed E-state index contributed by atoms with van der Waals surface area (Å²) < 4.78 is 0. The Balaban J connectivity index is 1.67. The van der Waals surface area contributed by atoms with Gasteiger partial charge in [0.1, 0.15) is 16.4 Å². The van der Waals surface area contributed by atoms with E-state index < -0.39 is 0 Å². The Kier molecular flexibility index (Phi) is 4.10. The number of nitrogens with two attached hydrogens (primary N) is 1. The molecule has 0 unspecified atom stereocenters. The first-order valence-electron chi connectivity index (χ1n) is 6.69. The highest BCUT2D eigenvalue weighted by Gasteiger charge is 2.13. The zero-order valence-electron chi connectivity index (χ0n) is 10.8. The molecule has 4 nitrogen and oxygen atoms in total. The first-order valence-corrected chi connectivity index (χ1v) is 8.45. The minimum atomic E-state index is 0.608. The van der Waals surface area contributed by atoms with Crippen molar-refractivity contribution < 1.29 is 0 Å². The molecule has 0 aromatic carbocycles. The van der Waals surface area contributed by atoms with E-state index in [1.54, 1.807) is 11.3 Å². The van der Waals surface area contributed by atoms with Crippen LogP contribution < -0.4 is 5.73 Å². The van der Waals surface area contributed by atoms with Crippen molar-refractivity contribution in [3.05, 3.63) is 15.8 Å². The van der Waals surface area contributed by atoms with Crippen LogP contribution in [0.3, 0.4) is 0 Å². The van der Waals surface area contributed by atoms with Crippen molar-refractivity contribution in [3.63, 3.8) is 0 Å². The third kappa shape index (κ3) is 3.32. The molecule has 1 saturated heterocycles. The van der Waals surface area contributed by atoms with Crippen molar-refractivity contribution in [2.45, 2.75) is 32.2 Å². The molecular formula is C13H18N4S2. The zero-order chi connectivity index (χ0) is 13.1. The van der Waals surface area contributed by atoms with E-state index in [2.05, 4.69) is 20.2 Å². The first kappa shape index (κ1) is 13.0. The highest BCUT2D eigenvalue weighted by molar-refractivity contribution is 7.14. The van der Waals surface area contributed by atoms with Crippen molar-refractivity contribution >= 4 is 27.8 Å². The Morgan fingerprint density at radius 3 is 2.37 bits per heavy atom. The van der Waals surface area contributed by atoms with E-state index in [1.165, 1.54) is 55.1 Å². The minimum Gasteiger partial charge on any atom is -0.375 e. The van der Waals surface area contributed by atoms with Gasteiger partial charge in [-0.3, -0.25) is 4.90 Å². The van der Waals surface area contributed by atoms with Crippen LogP contribution in [0.15, 0.2) is 10.8 Å². The second-order valence-electron chi connectivity index (χ2n) is 4.89. The molecule has 1 fully saturated rings. The number of nitrogen functional groups attached to an aromatic ring is 1. The molecule has 0 bridgehead atoms. The van der Waals surface area contributed by atoms with E-state index in [4.69, 9.17) is 5.73 Å². The molecular weight excluding hydrogens is 276 g/mol. The number of hydrogen-bond donors (Lipinski definition) is 1. The molecule has 3 heterocycles. The van der Waals surface area contributed by atoms with Crippen LogP contribution in [0, 0.1) is 0 Å². The van der Waals surface area contributed by atoms with Crippen molar-refractivity contribution in [1.29, 1.82) is 0 Å². The third-order valence-corrected chi connectivity index (χ3v) is 4.90. The molecule has 2 aromatic rings. The Morgan fingerprint density at radius 2 is 1.68 bits per heavy atom. The fraction of sp³-hybridized carbons (Fsp3) is 0.538. The molecule has 0 amide bonds. The lowest BCUT2D eigenvalue weighted by Gasteiger charge is -2.17. The van der Waals surface area contributed by atoms with E-state index in [0.717, 1.165) is 17.9 Å². The Bertz CT molecular complexity index is 526. The first-order chi connectivity index (χ1) is 9.31. The molecule has 0 saturated carbocycles. The van der Waals surface area contributed by atoms with E-state index in [9.17, 15) is 0 Å². The smallest absolute Gasteiger partial charge is 0.180 e. The molecule has 19 heavy (non-hydrogen) atoms. The molecule has 6 heteroatoms. The number of likely N-dealkylation sites (tertiary alicyclic amines) is 1. The van der Waals surface area contributed by atoms with E-state index in [-0.39, 0.29) is 0 Å². The second-order valence-corrected chi connectivity index (χ2v) is 6.72. The molecule has 102 valence electrons. The Hall–Kier alpha value is -0.980. The normalized spacial score (nSPS) is 17.5. The summed E-state index contributed by atoms with van der Waals surface area (Å²) in [6.07, 6.45) is 5.39. The maximum atomic E-state index is 5.66. The standard InChI is InChI=1S/C13H18N4S2/c14-13-16-11(9-19-13)10-8-18-12(15-10)7-17-5-3-1-2-4-6-17/h8-9H,1-7H2,(H2,14,16). The predicted molar refractivity (Wildman–Crippen MR) is 81.4 cm³/mol. The summed E-state index contributed by atoms with van der Waals surface area (Å²) in [6, 6.07) is 0. The highest BCUT2D eigenvalue weighted by Crippen LogP contribution is 2.25. The maximum absolute atomic E-state index is 5.66. The average Bonchev–Trinajstić information content (AvgIpc) is 2.94. The van der Waals surface area contributed by atoms with Crippen LogP contribution in [-0.2, 0) is 6.54 Å². The van der Waals surface area contributed by atoms with Gasteiger partial charge in [0.15, 0.2) is 5.13 Å². The van der Waals surface area contributed by atoms with Gasteiger partial charge < -0.3 is 5.73 Å². The van der Waals surface area contributed by atoms with Gasteiger partial charge in [0.2, 0.25) is 0 Å². The Morgan fingerprint density at radius 1 is 1.00 bits per heavy atom. The van der Waals surface area contributed by atoms with Gasteiger partial charge in [-0.1, -0.05) is 12.8 Å². The Labute approximate surface area is 121 Å². The number of hydrogen-bond acceptors (Lipinski definition) is 6. The van der Waals surface area contributed by atoms with Gasteiger partial charge in [0.25, 0.3) is 0 Å². The summed E-state index contributed by atoms with van der Waals surface area (Å²) in [4.78, 5) is 11.5. The van der Waals surface area contributed by atoms with Gasteiger partial charge in [-0.15, -0.1) is 22.7 Å². The fourth-order valence-electron chi connectivity index (χ4n) is 2.39. The van der Waals surface area contributed by atoms with Gasteiger partial charge in [-0.2, -0.15) is 0 Å². The van der Waals surface area contributed by atoms with Crippen LogP contribution in [-0.4, -0.2) is 28.0 Å². The van der Waals surface area contributed by atoms with E-state index >= 15 is 0 Å². The van der Waals surface area contributed by atoms with Crippen LogP contribution in [0.5, 0.6) is 0 Å². The lowest BCUT2D eigenvalue weighted by Crippen LogP contribution is -2.23. The van der Waals surface area contributed by atoms with Crippen molar-refractivity contribution in [3.8, 4) is 11.4 Å². The van der Waals surface area contributed by atoms with E-state index in [1.807, 2.05) is 5.38 Å². The lowest BCUT2D eigenvalue weighted by atomic mass is 10.2. The number of aromatic nitrogens is 2. The maximum Gasteiger partial charge on any atom is 0.180 e. The molecule has 0 aliphatic carbocycles.